The number of carbonyl (C=O) groups is 1. The van der Waals surface area contributed by atoms with Crippen molar-refractivity contribution in [3.8, 4) is 22.6 Å². The molecule has 4 rings (SSSR count). The van der Waals surface area contributed by atoms with E-state index in [9.17, 15) is 4.79 Å². The lowest BCUT2D eigenvalue weighted by molar-refractivity contribution is -0.111. The predicted molar refractivity (Wildman–Crippen MR) is 138 cm³/mol. The van der Waals surface area contributed by atoms with Crippen LogP contribution < -0.4 is 14.8 Å². The minimum atomic E-state index is -0.189. The lowest BCUT2D eigenvalue weighted by atomic mass is 9.98. The fourth-order valence-corrected chi connectivity index (χ4v) is 4.03. The van der Waals surface area contributed by atoms with E-state index in [1.807, 2.05) is 82.3 Å². The number of benzene rings is 3. The fourth-order valence-electron chi connectivity index (χ4n) is 4.03. The van der Waals surface area contributed by atoms with E-state index in [1.165, 1.54) is 0 Å². The van der Waals surface area contributed by atoms with Gasteiger partial charge in [0, 0.05) is 39.9 Å². The van der Waals surface area contributed by atoms with Crippen molar-refractivity contribution in [1.82, 2.24) is 0 Å². The normalized spacial score (nSPS) is 11.5. The van der Waals surface area contributed by atoms with E-state index >= 15 is 0 Å². The van der Waals surface area contributed by atoms with E-state index in [2.05, 4.69) is 5.32 Å². The van der Waals surface area contributed by atoms with Crippen LogP contribution in [0.1, 0.15) is 30.5 Å². The highest BCUT2D eigenvalue weighted by Crippen LogP contribution is 2.40. The number of anilines is 1. The third-order valence-electron chi connectivity index (χ3n) is 5.80. The summed E-state index contributed by atoms with van der Waals surface area (Å²) in [5.74, 6) is 1.25. The number of furan rings is 1. The Balaban J connectivity index is 1.76. The molecule has 0 unspecified atom stereocenters. The van der Waals surface area contributed by atoms with Gasteiger partial charge in [-0.15, -0.1) is 0 Å². The van der Waals surface area contributed by atoms with Crippen LogP contribution in [0.25, 0.3) is 27.7 Å². The smallest absolute Gasteiger partial charge is 0.248 e. The fraction of sp³-hybridized carbons (Fsp3) is 0.207. The molecule has 4 aromatic rings. The number of methoxy groups -OCH3 is 1. The minimum absolute atomic E-state index is 0.189. The van der Waals surface area contributed by atoms with Crippen molar-refractivity contribution < 1.29 is 18.7 Å². The molecular formula is C29H29NO4. The summed E-state index contributed by atoms with van der Waals surface area (Å²) < 4.78 is 17.3. The van der Waals surface area contributed by atoms with E-state index in [1.54, 1.807) is 19.4 Å². The molecule has 0 atom stereocenters. The van der Waals surface area contributed by atoms with Gasteiger partial charge in [-0.1, -0.05) is 30.3 Å². The zero-order valence-corrected chi connectivity index (χ0v) is 20.2. The Kier molecular flexibility index (Phi) is 6.73. The van der Waals surface area contributed by atoms with Crippen LogP contribution in [0.4, 0.5) is 5.69 Å². The largest absolute Gasteiger partial charge is 0.496 e. The van der Waals surface area contributed by atoms with Crippen LogP contribution in [-0.2, 0) is 4.79 Å². The Morgan fingerprint density at radius 1 is 1.03 bits per heavy atom. The first-order valence-corrected chi connectivity index (χ1v) is 11.3. The maximum absolute atomic E-state index is 12.9. The van der Waals surface area contributed by atoms with Gasteiger partial charge in [-0.3, -0.25) is 4.79 Å². The molecule has 0 aliphatic carbocycles. The van der Waals surface area contributed by atoms with E-state index < -0.39 is 0 Å². The number of nitrogens with one attached hydrogen (secondary N) is 1. The first-order chi connectivity index (χ1) is 16.4. The maximum Gasteiger partial charge on any atom is 0.248 e. The molecule has 1 aromatic heterocycles. The predicted octanol–water partition coefficient (Wildman–Crippen LogP) is 7.17. The number of hydrogen-bond donors (Lipinski definition) is 1. The standard InChI is InChI=1S/C29H29NO4/c1-6-33-27-16-28-23(24(17-34-28)21-9-7-8-10-26(21)32-5)15-22(27)20(4)14-29(31)30-25-13-18(2)11-12-19(25)3/h7-17H,6H2,1-5H3,(H,30,31)/b20-14+. The molecule has 5 nitrogen and oxygen atoms in total. The summed E-state index contributed by atoms with van der Waals surface area (Å²) in [6, 6.07) is 17.7. The SMILES string of the molecule is CCOc1cc2occ(-c3ccccc3OC)c2cc1/C(C)=C/C(=O)Nc1cc(C)ccc1C. The molecule has 1 N–H and O–H groups in total. The Morgan fingerprint density at radius 2 is 1.82 bits per heavy atom. The molecule has 0 saturated carbocycles. The second kappa shape index (κ2) is 9.87. The Hall–Kier alpha value is -3.99. The Labute approximate surface area is 200 Å². The molecule has 174 valence electrons. The number of para-hydroxylation sites is 1. The quantitative estimate of drug-likeness (QED) is 0.300. The van der Waals surface area contributed by atoms with Crippen molar-refractivity contribution in [2.24, 2.45) is 0 Å². The van der Waals surface area contributed by atoms with Crippen LogP contribution in [0.2, 0.25) is 0 Å². The molecule has 0 radical (unpaired) electrons. The van der Waals surface area contributed by atoms with Crippen molar-refractivity contribution >= 4 is 28.1 Å². The van der Waals surface area contributed by atoms with Crippen molar-refractivity contribution in [1.29, 1.82) is 0 Å². The zero-order valence-electron chi connectivity index (χ0n) is 20.2. The van der Waals surface area contributed by atoms with Crippen molar-refractivity contribution in [2.75, 3.05) is 19.0 Å². The highest BCUT2D eigenvalue weighted by Gasteiger charge is 2.17. The van der Waals surface area contributed by atoms with Crippen molar-refractivity contribution in [3.63, 3.8) is 0 Å². The first kappa shape index (κ1) is 23.2. The van der Waals surface area contributed by atoms with Crippen LogP contribution in [0, 0.1) is 13.8 Å². The molecule has 0 spiro atoms. The van der Waals surface area contributed by atoms with E-state index in [0.717, 1.165) is 50.2 Å². The topological polar surface area (TPSA) is 60.7 Å². The van der Waals surface area contributed by atoms with Crippen LogP contribution in [0.15, 0.2) is 71.4 Å². The molecule has 1 amide bonds. The van der Waals surface area contributed by atoms with Crippen LogP contribution in [0.5, 0.6) is 11.5 Å². The van der Waals surface area contributed by atoms with Gasteiger partial charge in [0.1, 0.15) is 17.1 Å². The number of aryl methyl sites for hydroxylation is 2. The summed E-state index contributed by atoms with van der Waals surface area (Å²) in [5, 5.41) is 3.92. The van der Waals surface area contributed by atoms with Gasteiger partial charge in [-0.25, -0.2) is 0 Å². The lowest BCUT2D eigenvalue weighted by Crippen LogP contribution is -2.10. The van der Waals surface area contributed by atoms with Gasteiger partial charge >= 0.3 is 0 Å². The number of allylic oxidation sites excluding steroid dienone is 1. The van der Waals surface area contributed by atoms with Gasteiger partial charge in [0.2, 0.25) is 5.91 Å². The van der Waals surface area contributed by atoms with Crippen molar-refractivity contribution in [2.45, 2.75) is 27.7 Å². The summed E-state index contributed by atoms with van der Waals surface area (Å²) in [6.07, 6.45) is 3.34. The summed E-state index contributed by atoms with van der Waals surface area (Å²) in [7, 11) is 1.65. The lowest BCUT2D eigenvalue weighted by Gasteiger charge is -2.13. The number of ether oxygens (including phenoxy) is 2. The van der Waals surface area contributed by atoms with Crippen LogP contribution >= 0.6 is 0 Å². The second-order valence-corrected chi connectivity index (χ2v) is 8.26. The molecule has 0 saturated heterocycles. The summed E-state index contributed by atoms with van der Waals surface area (Å²) in [6.45, 7) is 8.33. The van der Waals surface area contributed by atoms with E-state index in [-0.39, 0.29) is 5.91 Å². The van der Waals surface area contributed by atoms with E-state index in [4.69, 9.17) is 13.9 Å². The summed E-state index contributed by atoms with van der Waals surface area (Å²) in [4.78, 5) is 12.9. The highest BCUT2D eigenvalue weighted by molar-refractivity contribution is 6.06. The average molecular weight is 456 g/mol. The molecule has 0 aliphatic heterocycles. The second-order valence-electron chi connectivity index (χ2n) is 8.26. The molecule has 0 fully saturated rings. The monoisotopic (exact) mass is 455 g/mol. The molecule has 5 heteroatoms. The van der Waals surface area contributed by atoms with Crippen molar-refractivity contribution in [3.05, 3.63) is 83.6 Å². The third kappa shape index (κ3) is 4.69. The maximum atomic E-state index is 12.9. The van der Waals surface area contributed by atoms with Crippen LogP contribution in [-0.4, -0.2) is 19.6 Å². The molecule has 1 heterocycles. The first-order valence-electron chi connectivity index (χ1n) is 11.3. The zero-order chi connectivity index (χ0) is 24.2. The molecular weight excluding hydrogens is 426 g/mol. The Bertz CT molecular complexity index is 1380. The molecule has 34 heavy (non-hydrogen) atoms. The number of rotatable bonds is 7. The van der Waals surface area contributed by atoms with Gasteiger partial charge in [-0.05, 0) is 62.6 Å². The van der Waals surface area contributed by atoms with E-state index in [0.29, 0.717) is 17.9 Å². The number of amides is 1. The summed E-state index contributed by atoms with van der Waals surface area (Å²) >= 11 is 0. The molecule has 0 aliphatic rings. The molecule has 0 bridgehead atoms. The number of fused-ring (bicyclic) bond motifs is 1. The number of carbonyl (C=O) groups excluding carboxylic acids is 1. The molecule has 3 aromatic carbocycles. The van der Waals surface area contributed by atoms with Gasteiger partial charge in [-0.2, -0.15) is 0 Å². The minimum Gasteiger partial charge on any atom is -0.496 e. The highest BCUT2D eigenvalue weighted by atomic mass is 16.5. The number of hydrogen-bond acceptors (Lipinski definition) is 4. The van der Waals surface area contributed by atoms with Gasteiger partial charge in [0.05, 0.1) is 20.0 Å². The van der Waals surface area contributed by atoms with Gasteiger partial charge < -0.3 is 19.2 Å². The van der Waals surface area contributed by atoms with Crippen LogP contribution in [0.3, 0.4) is 0 Å². The average Bonchev–Trinajstić information content (AvgIpc) is 3.23. The van der Waals surface area contributed by atoms with Gasteiger partial charge in [0.25, 0.3) is 0 Å². The third-order valence-corrected chi connectivity index (χ3v) is 5.80. The summed E-state index contributed by atoms with van der Waals surface area (Å²) in [5.41, 5.74) is 7.11. The van der Waals surface area contributed by atoms with Gasteiger partial charge in [0.15, 0.2) is 0 Å². The Morgan fingerprint density at radius 3 is 2.59 bits per heavy atom.